The van der Waals surface area contributed by atoms with Crippen LogP contribution in [-0.4, -0.2) is 21.9 Å². The van der Waals surface area contributed by atoms with Crippen molar-refractivity contribution in [2.24, 2.45) is 0 Å². The molecule has 1 unspecified atom stereocenters. The van der Waals surface area contributed by atoms with Crippen LogP contribution in [0, 0.1) is 0 Å². The van der Waals surface area contributed by atoms with E-state index in [0.717, 1.165) is 17.1 Å². The van der Waals surface area contributed by atoms with Crippen LogP contribution in [0.1, 0.15) is 13.3 Å². The van der Waals surface area contributed by atoms with Crippen molar-refractivity contribution >= 4 is 17.4 Å². The molecule has 0 fully saturated rings. The van der Waals surface area contributed by atoms with E-state index in [1.165, 1.54) is 0 Å². The predicted molar refractivity (Wildman–Crippen MR) is 55.7 cm³/mol. The largest absolute Gasteiger partial charge is 0.399 e. The molecule has 0 aromatic carbocycles. The van der Waals surface area contributed by atoms with Gasteiger partial charge in [0.25, 0.3) is 0 Å². The number of anilines is 1. The summed E-state index contributed by atoms with van der Waals surface area (Å²) in [4.78, 5) is 4.16. The fraction of sp³-hybridized carbons (Fsp3) is 0.444. The van der Waals surface area contributed by atoms with E-state index in [2.05, 4.69) is 11.9 Å². The molecule has 3 N–H and O–H groups in total. The highest BCUT2D eigenvalue weighted by Crippen LogP contribution is 2.23. The number of thioether (sulfide) groups is 1. The number of rotatable bonds is 4. The number of aliphatic hydroxyl groups excluding tert-OH is 1. The first-order valence-corrected chi connectivity index (χ1v) is 5.09. The van der Waals surface area contributed by atoms with Crippen molar-refractivity contribution in [2.45, 2.75) is 23.6 Å². The van der Waals surface area contributed by atoms with E-state index in [0.29, 0.717) is 5.25 Å². The third-order valence-electron chi connectivity index (χ3n) is 1.62. The van der Waals surface area contributed by atoms with E-state index in [1.807, 2.05) is 6.07 Å². The van der Waals surface area contributed by atoms with Crippen LogP contribution >= 0.6 is 11.8 Å². The molecule has 1 heterocycles. The van der Waals surface area contributed by atoms with Crippen molar-refractivity contribution < 1.29 is 5.11 Å². The van der Waals surface area contributed by atoms with Crippen molar-refractivity contribution in [2.75, 3.05) is 12.3 Å². The minimum absolute atomic E-state index is 0.219. The molecule has 3 nitrogen and oxygen atoms in total. The monoisotopic (exact) mass is 198 g/mol. The highest BCUT2D eigenvalue weighted by molar-refractivity contribution is 7.99. The summed E-state index contributed by atoms with van der Waals surface area (Å²) in [5.74, 6) is 0. The van der Waals surface area contributed by atoms with Gasteiger partial charge in [0.2, 0.25) is 0 Å². The SMILES string of the molecule is CC(CCO)Sc1cc(N)ccn1. The van der Waals surface area contributed by atoms with Gasteiger partial charge in [0.1, 0.15) is 0 Å². The Kier molecular flexibility index (Phi) is 4.05. The molecule has 1 atom stereocenters. The molecule has 1 aromatic heterocycles. The van der Waals surface area contributed by atoms with Crippen LogP contribution in [0.15, 0.2) is 23.4 Å². The summed E-state index contributed by atoms with van der Waals surface area (Å²) in [5.41, 5.74) is 6.34. The third kappa shape index (κ3) is 3.65. The van der Waals surface area contributed by atoms with Crippen LogP contribution in [0.3, 0.4) is 0 Å². The van der Waals surface area contributed by atoms with Gasteiger partial charge in [0, 0.05) is 23.7 Å². The molecule has 72 valence electrons. The summed E-state index contributed by atoms with van der Waals surface area (Å²) in [6.45, 7) is 2.28. The molecule has 4 heteroatoms. The van der Waals surface area contributed by atoms with Gasteiger partial charge >= 0.3 is 0 Å². The quantitative estimate of drug-likeness (QED) is 0.720. The van der Waals surface area contributed by atoms with Crippen LogP contribution in [-0.2, 0) is 0 Å². The molecule has 0 aliphatic carbocycles. The first-order valence-electron chi connectivity index (χ1n) is 4.21. The van der Waals surface area contributed by atoms with E-state index in [4.69, 9.17) is 10.8 Å². The molecule has 0 saturated carbocycles. The van der Waals surface area contributed by atoms with Gasteiger partial charge in [-0.1, -0.05) is 6.92 Å². The van der Waals surface area contributed by atoms with E-state index in [1.54, 1.807) is 24.0 Å². The minimum Gasteiger partial charge on any atom is -0.399 e. The number of hydrogen-bond donors (Lipinski definition) is 2. The molecule has 0 aliphatic rings. The van der Waals surface area contributed by atoms with Gasteiger partial charge in [-0.2, -0.15) is 0 Å². The van der Waals surface area contributed by atoms with E-state index >= 15 is 0 Å². The lowest BCUT2D eigenvalue weighted by Crippen LogP contribution is -2.00. The Bertz CT molecular complexity index is 268. The highest BCUT2D eigenvalue weighted by atomic mass is 32.2. The second kappa shape index (κ2) is 5.09. The van der Waals surface area contributed by atoms with Crippen LogP contribution in [0.2, 0.25) is 0 Å². The summed E-state index contributed by atoms with van der Waals surface area (Å²) >= 11 is 1.63. The van der Waals surface area contributed by atoms with Gasteiger partial charge in [-0.3, -0.25) is 0 Å². The number of nitrogen functional groups attached to an aromatic ring is 1. The number of nitrogens with zero attached hydrogens (tertiary/aromatic N) is 1. The molecular formula is C9H14N2OS. The van der Waals surface area contributed by atoms with Gasteiger partial charge in [-0.05, 0) is 18.6 Å². The van der Waals surface area contributed by atoms with Gasteiger partial charge < -0.3 is 10.8 Å². The Labute approximate surface area is 82.4 Å². The molecule has 1 rings (SSSR count). The van der Waals surface area contributed by atoms with Crippen molar-refractivity contribution in [1.29, 1.82) is 0 Å². The maximum atomic E-state index is 8.71. The molecule has 0 spiro atoms. The Morgan fingerprint density at radius 2 is 2.46 bits per heavy atom. The van der Waals surface area contributed by atoms with Crippen molar-refractivity contribution in [1.82, 2.24) is 4.98 Å². The highest BCUT2D eigenvalue weighted by Gasteiger charge is 2.04. The standard InChI is InChI=1S/C9H14N2OS/c1-7(3-5-12)13-9-6-8(10)2-4-11-9/h2,4,6-7,12H,3,5H2,1H3,(H2,10,11). The lowest BCUT2D eigenvalue weighted by Gasteiger charge is -2.08. The first-order chi connectivity index (χ1) is 6.22. The summed E-state index contributed by atoms with van der Waals surface area (Å²) in [5, 5.41) is 10.0. The second-order valence-electron chi connectivity index (χ2n) is 2.87. The van der Waals surface area contributed by atoms with Crippen LogP contribution < -0.4 is 5.73 Å². The Morgan fingerprint density at radius 1 is 1.69 bits per heavy atom. The zero-order chi connectivity index (χ0) is 9.68. The molecule has 0 amide bonds. The summed E-state index contributed by atoms with van der Waals surface area (Å²) < 4.78 is 0. The summed E-state index contributed by atoms with van der Waals surface area (Å²) in [6.07, 6.45) is 2.48. The predicted octanol–water partition coefficient (Wildman–Crippen LogP) is 1.53. The second-order valence-corrected chi connectivity index (χ2v) is 4.33. The minimum atomic E-state index is 0.219. The Hall–Kier alpha value is -0.740. The maximum absolute atomic E-state index is 8.71. The normalized spacial score (nSPS) is 12.8. The summed E-state index contributed by atoms with van der Waals surface area (Å²) in [6, 6.07) is 3.61. The topological polar surface area (TPSA) is 59.1 Å². The maximum Gasteiger partial charge on any atom is 0.0982 e. The molecule has 0 aliphatic heterocycles. The van der Waals surface area contributed by atoms with Crippen molar-refractivity contribution in [3.8, 4) is 0 Å². The smallest absolute Gasteiger partial charge is 0.0982 e. The van der Waals surface area contributed by atoms with Gasteiger partial charge in [0.05, 0.1) is 5.03 Å². The molecular weight excluding hydrogens is 184 g/mol. The fourth-order valence-corrected chi connectivity index (χ4v) is 1.90. The van der Waals surface area contributed by atoms with Crippen molar-refractivity contribution in [3.63, 3.8) is 0 Å². The van der Waals surface area contributed by atoms with Crippen molar-refractivity contribution in [3.05, 3.63) is 18.3 Å². The zero-order valence-corrected chi connectivity index (χ0v) is 8.42. The molecule has 13 heavy (non-hydrogen) atoms. The van der Waals surface area contributed by atoms with E-state index in [-0.39, 0.29) is 6.61 Å². The lowest BCUT2D eigenvalue weighted by molar-refractivity contribution is 0.289. The Morgan fingerprint density at radius 3 is 3.08 bits per heavy atom. The van der Waals surface area contributed by atoms with Gasteiger partial charge in [-0.15, -0.1) is 11.8 Å². The first kappa shape index (κ1) is 10.3. The van der Waals surface area contributed by atoms with Crippen LogP contribution in [0.25, 0.3) is 0 Å². The number of hydrogen-bond acceptors (Lipinski definition) is 4. The number of nitrogens with two attached hydrogens (primary N) is 1. The summed E-state index contributed by atoms with van der Waals surface area (Å²) in [7, 11) is 0. The van der Waals surface area contributed by atoms with Gasteiger partial charge in [0.15, 0.2) is 0 Å². The van der Waals surface area contributed by atoms with E-state index < -0.39 is 0 Å². The number of aromatic nitrogens is 1. The van der Waals surface area contributed by atoms with Crippen LogP contribution in [0.4, 0.5) is 5.69 Å². The number of aliphatic hydroxyl groups is 1. The molecule has 1 aromatic rings. The zero-order valence-electron chi connectivity index (χ0n) is 7.60. The van der Waals surface area contributed by atoms with Crippen LogP contribution in [0.5, 0.6) is 0 Å². The fourth-order valence-electron chi connectivity index (χ4n) is 0.936. The molecule has 0 saturated heterocycles. The average Bonchev–Trinajstić information content (AvgIpc) is 2.04. The average molecular weight is 198 g/mol. The number of pyridine rings is 1. The lowest BCUT2D eigenvalue weighted by atomic mass is 10.3. The molecule has 0 radical (unpaired) electrons. The van der Waals surface area contributed by atoms with E-state index in [9.17, 15) is 0 Å². The Balaban J connectivity index is 2.53. The third-order valence-corrected chi connectivity index (χ3v) is 2.72. The van der Waals surface area contributed by atoms with Gasteiger partial charge in [-0.25, -0.2) is 4.98 Å². The molecule has 0 bridgehead atoms.